The summed E-state index contributed by atoms with van der Waals surface area (Å²) in [6.45, 7) is 3.59. The van der Waals surface area contributed by atoms with Gasteiger partial charge in [-0.2, -0.15) is 0 Å². The minimum absolute atomic E-state index is 0.101. The molecule has 0 unspecified atom stereocenters. The van der Waals surface area contributed by atoms with Gasteiger partial charge >= 0.3 is 0 Å². The van der Waals surface area contributed by atoms with Crippen molar-refractivity contribution in [2.75, 3.05) is 27.2 Å². The van der Waals surface area contributed by atoms with Crippen molar-refractivity contribution in [3.05, 3.63) is 24.3 Å². The Morgan fingerprint density at radius 2 is 2.08 bits per heavy atom. The van der Waals surface area contributed by atoms with Crippen LogP contribution in [0.25, 0.3) is 0 Å². The van der Waals surface area contributed by atoms with Gasteiger partial charge in [0.1, 0.15) is 6.10 Å². The van der Waals surface area contributed by atoms with Gasteiger partial charge in [-0.3, -0.25) is 4.79 Å². The number of para-hydroxylation sites is 2. The van der Waals surface area contributed by atoms with Crippen LogP contribution in [-0.2, 0) is 4.79 Å². The molecule has 1 aliphatic rings. The summed E-state index contributed by atoms with van der Waals surface area (Å²) >= 11 is 0. The molecule has 1 N–H and O–H groups in total. The van der Waals surface area contributed by atoms with Crippen molar-refractivity contribution in [1.82, 2.24) is 10.2 Å². The molecular weight excluding hydrogens is 304 g/mol. The molecule has 0 aromatic heterocycles. The number of amides is 1. The SMILES string of the molecule is COc1ccccc1O[C@@H](C)CNC(=O)CC[C@H]1CCCCN1C. The third kappa shape index (κ3) is 5.71. The highest BCUT2D eigenvalue weighted by atomic mass is 16.5. The van der Waals surface area contributed by atoms with Gasteiger partial charge in [0.25, 0.3) is 0 Å². The molecule has 0 radical (unpaired) electrons. The summed E-state index contributed by atoms with van der Waals surface area (Å²) in [7, 11) is 3.78. The zero-order valence-electron chi connectivity index (χ0n) is 15.1. The zero-order chi connectivity index (χ0) is 17.4. The van der Waals surface area contributed by atoms with Gasteiger partial charge in [-0.1, -0.05) is 18.6 Å². The van der Waals surface area contributed by atoms with Crippen molar-refractivity contribution in [2.45, 2.75) is 51.2 Å². The van der Waals surface area contributed by atoms with E-state index in [9.17, 15) is 4.79 Å². The number of ether oxygens (including phenoxy) is 2. The Labute approximate surface area is 145 Å². The first-order chi connectivity index (χ1) is 11.6. The molecule has 134 valence electrons. The van der Waals surface area contributed by atoms with Gasteiger partial charge < -0.3 is 19.7 Å². The van der Waals surface area contributed by atoms with Crippen LogP contribution in [-0.4, -0.2) is 50.2 Å². The molecule has 1 aromatic carbocycles. The maximum atomic E-state index is 12.1. The van der Waals surface area contributed by atoms with Gasteiger partial charge in [-0.05, 0) is 51.9 Å². The van der Waals surface area contributed by atoms with Gasteiger partial charge in [0.2, 0.25) is 5.91 Å². The molecule has 0 spiro atoms. The van der Waals surface area contributed by atoms with E-state index in [1.807, 2.05) is 31.2 Å². The number of benzene rings is 1. The van der Waals surface area contributed by atoms with Crippen LogP contribution in [0.2, 0.25) is 0 Å². The van der Waals surface area contributed by atoms with E-state index in [1.54, 1.807) is 7.11 Å². The average Bonchev–Trinajstić information content (AvgIpc) is 2.59. The smallest absolute Gasteiger partial charge is 0.220 e. The molecule has 1 heterocycles. The van der Waals surface area contributed by atoms with E-state index >= 15 is 0 Å². The summed E-state index contributed by atoms with van der Waals surface area (Å²) < 4.78 is 11.1. The zero-order valence-corrected chi connectivity index (χ0v) is 15.1. The van der Waals surface area contributed by atoms with Crippen LogP contribution in [0.4, 0.5) is 0 Å². The highest BCUT2D eigenvalue weighted by Crippen LogP contribution is 2.26. The van der Waals surface area contributed by atoms with Gasteiger partial charge in [0.05, 0.1) is 13.7 Å². The van der Waals surface area contributed by atoms with Crippen molar-refractivity contribution in [3.8, 4) is 11.5 Å². The molecule has 0 bridgehead atoms. The lowest BCUT2D eigenvalue weighted by atomic mass is 9.98. The fourth-order valence-electron chi connectivity index (χ4n) is 3.13. The molecule has 1 aliphatic heterocycles. The summed E-state index contributed by atoms with van der Waals surface area (Å²) in [6.07, 6.45) is 5.16. The fraction of sp³-hybridized carbons (Fsp3) is 0.632. The predicted molar refractivity (Wildman–Crippen MR) is 95.6 cm³/mol. The van der Waals surface area contributed by atoms with E-state index in [-0.39, 0.29) is 12.0 Å². The van der Waals surface area contributed by atoms with Crippen LogP contribution in [0.3, 0.4) is 0 Å². The molecule has 2 rings (SSSR count). The second-order valence-corrected chi connectivity index (χ2v) is 6.55. The van der Waals surface area contributed by atoms with Crippen molar-refractivity contribution in [3.63, 3.8) is 0 Å². The summed E-state index contributed by atoms with van der Waals surface area (Å²) in [5.74, 6) is 1.51. The fourth-order valence-corrected chi connectivity index (χ4v) is 3.13. The Balaban J connectivity index is 1.69. The summed E-state index contributed by atoms with van der Waals surface area (Å²) in [5.41, 5.74) is 0. The van der Waals surface area contributed by atoms with Crippen LogP contribution in [0.5, 0.6) is 11.5 Å². The highest BCUT2D eigenvalue weighted by Gasteiger charge is 2.19. The molecule has 0 saturated carbocycles. The Morgan fingerprint density at radius 3 is 2.79 bits per heavy atom. The number of piperidine rings is 1. The molecule has 1 aromatic rings. The van der Waals surface area contributed by atoms with Crippen molar-refractivity contribution in [1.29, 1.82) is 0 Å². The van der Waals surface area contributed by atoms with Crippen molar-refractivity contribution < 1.29 is 14.3 Å². The lowest BCUT2D eigenvalue weighted by Crippen LogP contribution is -2.38. The number of nitrogens with zero attached hydrogens (tertiary/aromatic N) is 1. The summed E-state index contributed by atoms with van der Waals surface area (Å²) in [4.78, 5) is 14.4. The second-order valence-electron chi connectivity index (χ2n) is 6.55. The molecule has 1 amide bonds. The van der Waals surface area contributed by atoms with Gasteiger partial charge in [0.15, 0.2) is 11.5 Å². The molecule has 1 saturated heterocycles. The maximum absolute atomic E-state index is 12.1. The summed E-state index contributed by atoms with van der Waals surface area (Å²) in [6, 6.07) is 8.09. The van der Waals surface area contributed by atoms with Crippen LogP contribution >= 0.6 is 0 Å². The van der Waals surface area contributed by atoms with Gasteiger partial charge in [0, 0.05) is 12.5 Å². The van der Waals surface area contributed by atoms with E-state index in [2.05, 4.69) is 17.3 Å². The van der Waals surface area contributed by atoms with E-state index in [0.29, 0.717) is 30.5 Å². The number of rotatable bonds is 8. The average molecular weight is 334 g/mol. The van der Waals surface area contributed by atoms with Crippen LogP contribution in [0.1, 0.15) is 39.0 Å². The topological polar surface area (TPSA) is 50.8 Å². The third-order valence-electron chi connectivity index (χ3n) is 4.61. The largest absolute Gasteiger partial charge is 0.493 e. The molecule has 5 heteroatoms. The second kappa shape index (κ2) is 9.52. The Morgan fingerprint density at radius 1 is 1.33 bits per heavy atom. The van der Waals surface area contributed by atoms with E-state index < -0.39 is 0 Å². The van der Waals surface area contributed by atoms with Crippen LogP contribution in [0.15, 0.2) is 24.3 Å². The maximum Gasteiger partial charge on any atom is 0.220 e. The van der Waals surface area contributed by atoms with Crippen LogP contribution in [0, 0.1) is 0 Å². The lowest BCUT2D eigenvalue weighted by Gasteiger charge is -2.32. The molecule has 5 nitrogen and oxygen atoms in total. The first-order valence-corrected chi connectivity index (χ1v) is 8.86. The number of nitrogens with one attached hydrogen (secondary N) is 1. The lowest BCUT2D eigenvalue weighted by molar-refractivity contribution is -0.121. The number of methoxy groups -OCH3 is 1. The van der Waals surface area contributed by atoms with Crippen LogP contribution < -0.4 is 14.8 Å². The standard InChI is InChI=1S/C19H30N2O3/c1-15(24-18-10-5-4-9-17(18)23-3)14-20-19(22)12-11-16-8-6-7-13-21(16)2/h4-5,9-10,15-16H,6-8,11-14H2,1-3H3,(H,20,22)/t15-,16+/m0/s1. The quantitative estimate of drug-likeness (QED) is 0.794. The molecule has 24 heavy (non-hydrogen) atoms. The third-order valence-corrected chi connectivity index (χ3v) is 4.61. The monoisotopic (exact) mass is 334 g/mol. The van der Waals surface area contributed by atoms with Crippen molar-refractivity contribution in [2.24, 2.45) is 0 Å². The van der Waals surface area contributed by atoms with Gasteiger partial charge in [-0.25, -0.2) is 0 Å². The molecule has 1 fully saturated rings. The minimum atomic E-state index is -0.109. The number of carbonyl (C=O) groups excluding carboxylic acids is 1. The Hall–Kier alpha value is -1.75. The Kier molecular flexibility index (Phi) is 7.37. The number of likely N-dealkylation sites (tertiary alicyclic amines) is 1. The van der Waals surface area contributed by atoms with E-state index in [0.717, 1.165) is 13.0 Å². The first-order valence-electron chi connectivity index (χ1n) is 8.86. The minimum Gasteiger partial charge on any atom is -0.493 e. The van der Waals surface area contributed by atoms with Crippen molar-refractivity contribution >= 4 is 5.91 Å². The molecular formula is C19H30N2O3. The van der Waals surface area contributed by atoms with Gasteiger partial charge in [-0.15, -0.1) is 0 Å². The molecule has 2 atom stereocenters. The summed E-state index contributed by atoms with van der Waals surface area (Å²) in [5, 5.41) is 2.97. The van der Waals surface area contributed by atoms with E-state index in [1.165, 1.54) is 19.3 Å². The number of carbonyl (C=O) groups is 1. The number of hydrogen-bond donors (Lipinski definition) is 1. The predicted octanol–water partition coefficient (Wildman–Crippen LogP) is 2.84. The van der Waals surface area contributed by atoms with E-state index in [4.69, 9.17) is 9.47 Å². The Bertz CT molecular complexity index is 521. The first kappa shape index (κ1) is 18.6. The molecule has 0 aliphatic carbocycles. The number of hydrogen-bond acceptors (Lipinski definition) is 4. The normalized spacial score (nSPS) is 19.5. The highest BCUT2D eigenvalue weighted by molar-refractivity contribution is 5.75.